The summed E-state index contributed by atoms with van der Waals surface area (Å²) in [7, 11) is 0. The van der Waals surface area contributed by atoms with Crippen LogP contribution in [-0.4, -0.2) is 29.7 Å². The summed E-state index contributed by atoms with van der Waals surface area (Å²) in [5.74, 6) is 0.969. The summed E-state index contributed by atoms with van der Waals surface area (Å²) in [6.45, 7) is 2.96. The predicted molar refractivity (Wildman–Crippen MR) is 56.3 cm³/mol. The third-order valence-corrected chi connectivity index (χ3v) is 2.54. The van der Waals surface area contributed by atoms with Crippen molar-refractivity contribution >= 4 is 17.0 Å². The molecule has 1 aliphatic heterocycles. The molecule has 14 heavy (non-hydrogen) atoms. The van der Waals surface area contributed by atoms with Gasteiger partial charge in [-0.05, 0) is 12.1 Å². The molecule has 1 aliphatic rings. The fourth-order valence-electron chi connectivity index (χ4n) is 1.78. The maximum Gasteiger partial charge on any atom is 0.204 e. The van der Waals surface area contributed by atoms with E-state index >= 15 is 0 Å². The molecule has 1 aromatic carbocycles. The number of imidazole rings is 1. The summed E-state index contributed by atoms with van der Waals surface area (Å²) in [6.07, 6.45) is 0. The average Bonchev–Trinajstić information content (AvgIpc) is 2.86. The summed E-state index contributed by atoms with van der Waals surface area (Å²) >= 11 is 0. The van der Waals surface area contributed by atoms with Gasteiger partial charge in [0.25, 0.3) is 0 Å². The van der Waals surface area contributed by atoms with Crippen LogP contribution in [0.2, 0.25) is 0 Å². The van der Waals surface area contributed by atoms with Crippen molar-refractivity contribution in [1.29, 1.82) is 0 Å². The summed E-state index contributed by atoms with van der Waals surface area (Å²) in [4.78, 5) is 10.0. The molecule has 72 valence electrons. The van der Waals surface area contributed by atoms with Gasteiger partial charge < -0.3 is 9.88 Å². The highest BCUT2D eigenvalue weighted by Gasteiger charge is 2.14. The molecule has 0 amide bonds. The second-order valence-electron chi connectivity index (χ2n) is 3.50. The van der Waals surface area contributed by atoms with Crippen molar-refractivity contribution in [2.45, 2.75) is 0 Å². The number of aromatic amines is 1. The molecule has 1 fully saturated rings. The van der Waals surface area contributed by atoms with E-state index in [1.807, 2.05) is 18.2 Å². The van der Waals surface area contributed by atoms with Crippen molar-refractivity contribution < 1.29 is 0 Å². The van der Waals surface area contributed by atoms with Gasteiger partial charge in [0.1, 0.15) is 0 Å². The number of nitrogens with zero attached hydrogens (tertiary/aromatic N) is 2. The van der Waals surface area contributed by atoms with Gasteiger partial charge in [0, 0.05) is 13.1 Å². The Hall–Kier alpha value is -1.55. The van der Waals surface area contributed by atoms with Crippen molar-refractivity contribution in [2.24, 2.45) is 0 Å². The molecule has 0 radical (unpaired) electrons. The molecule has 4 heteroatoms. The van der Waals surface area contributed by atoms with Gasteiger partial charge in [-0.2, -0.15) is 0 Å². The third kappa shape index (κ3) is 1.15. The molecular formula is C10H12N4. The highest BCUT2D eigenvalue weighted by molar-refractivity contribution is 5.77. The lowest BCUT2D eigenvalue weighted by Crippen LogP contribution is -2.22. The molecule has 3 rings (SSSR count). The molecule has 2 aromatic rings. The molecule has 0 aliphatic carbocycles. The van der Waals surface area contributed by atoms with Gasteiger partial charge in [-0.15, -0.1) is 0 Å². The quantitative estimate of drug-likeness (QED) is 0.699. The van der Waals surface area contributed by atoms with Crippen molar-refractivity contribution in [3.63, 3.8) is 0 Å². The number of aromatic nitrogens is 2. The van der Waals surface area contributed by atoms with E-state index in [-0.39, 0.29) is 0 Å². The Morgan fingerprint density at radius 1 is 1.29 bits per heavy atom. The Morgan fingerprint density at radius 3 is 3.00 bits per heavy atom. The topological polar surface area (TPSA) is 44.0 Å². The number of hydrogen-bond acceptors (Lipinski definition) is 3. The van der Waals surface area contributed by atoms with Crippen LogP contribution in [-0.2, 0) is 0 Å². The molecule has 1 saturated heterocycles. The molecule has 2 N–H and O–H groups in total. The number of hydrogen-bond donors (Lipinski definition) is 2. The van der Waals surface area contributed by atoms with Gasteiger partial charge in [0.15, 0.2) is 0 Å². The van der Waals surface area contributed by atoms with Crippen LogP contribution in [0.4, 0.5) is 5.95 Å². The van der Waals surface area contributed by atoms with Crippen molar-refractivity contribution in [2.75, 3.05) is 24.7 Å². The van der Waals surface area contributed by atoms with Crippen LogP contribution in [0.25, 0.3) is 11.0 Å². The SMILES string of the molecule is c1ccc2[nH]c(N3CCNC3)nc2c1. The van der Waals surface area contributed by atoms with Gasteiger partial charge in [0.2, 0.25) is 5.95 Å². The molecule has 0 saturated carbocycles. The van der Waals surface area contributed by atoms with Crippen LogP contribution in [0, 0.1) is 0 Å². The lowest BCUT2D eigenvalue weighted by atomic mass is 10.3. The van der Waals surface area contributed by atoms with E-state index in [4.69, 9.17) is 0 Å². The van der Waals surface area contributed by atoms with Crippen LogP contribution in [0.1, 0.15) is 0 Å². The van der Waals surface area contributed by atoms with Gasteiger partial charge in [-0.25, -0.2) is 4.98 Å². The normalized spacial score (nSPS) is 16.7. The number of nitrogens with one attached hydrogen (secondary N) is 2. The zero-order chi connectivity index (χ0) is 9.38. The third-order valence-electron chi connectivity index (χ3n) is 2.54. The Morgan fingerprint density at radius 2 is 2.21 bits per heavy atom. The second-order valence-corrected chi connectivity index (χ2v) is 3.50. The van der Waals surface area contributed by atoms with Gasteiger partial charge in [-0.1, -0.05) is 12.1 Å². The second kappa shape index (κ2) is 2.99. The molecule has 0 unspecified atom stereocenters. The Bertz CT molecular complexity index is 409. The highest BCUT2D eigenvalue weighted by Crippen LogP contribution is 2.16. The van der Waals surface area contributed by atoms with Gasteiger partial charge in [-0.3, -0.25) is 5.32 Å². The average molecular weight is 188 g/mol. The van der Waals surface area contributed by atoms with Crippen LogP contribution in [0.15, 0.2) is 24.3 Å². The van der Waals surface area contributed by atoms with E-state index in [0.29, 0.717) is 0 Å². The van der Waals surface area contributed by atoms with Gasteiger partial charge in [0.05, 0.1) is 17.7 Å². The lowest BCUT2D eigenvalue weighted by molar-refractivity contribution is 0.845. The molecule has 1 aromatic heterocycles. The maximum absolute atomic E-state index is 4.53. The molecule has 0 bridgehead atoms. The largest absolute Gasteiger partial charge is 0.328 e. The molecular weight excluding hydrogens is 176 g/mol. The predicted octanol–water partition coefficient (Wildman–Crippen LogP) is 0.930. The zero-order valence-electron chi connectivity index (χ0n) is 7.83. The first-order chi connectivity index (χ1) is 6.93. The smallest absolute Gasteiger partial charge is 0.204 e. The highest BCUT2D eigenvalue weighted by atomic mass is 15.4. The van der Waals surface area contributed by atoms with E-state index in [0.717, 1.165) is 36.7 Å². The summed E-state index contributed by atoms with van der Waals surface area (Å²) in [5, 5.41) is 3.28. The van der Waals surface area contributed by atoms with Crippen LogP contribution in [0.3, 0.4) is 0 Å². The van der Waals surface area contributed by atoms with Crippen LogP contribution < -0.4 is 10.2 Å². The molecule has 0 spiro atoms. The number of rotatable bonds is 1. The van der Waals surface area contributed by atoms with E-state index in [9.17, 15) is 0 Å². The zero-order valence-corrected chi connectivity index (χ0v) is 7.83. The summed E-state index contributed by atoms with van der Waals surface area (Å²) in [6, 6.07) is 8.11. The fourth-order valence-corrected chi connectivity index (χ4v) is 1.78. The molecule has 0 atom stereocenters. The minimum absolute atomic E-state index is 0.889. The van der Waals surface area contributed by atoms with Gasteiger partial charge >= 0.3 is 0 Å². The number of anilines is 1. The minimum atomic E-state index is 0.889. The fraction of sp³-hybridized carbons (Fsp3) is 0.300. The number of fused-ring (bicyclic) bond motifs is 1. The summed E-state index contributed by atoms with van der Waals surface area (Å²) in [5.41, 5.74) is 2.14. The Kier molecular flexibility index (Phi) is 1.67. The van der Waals surface area contributed by atoms with E-state index < -0.39 is 0 Å². The van der Waals surface area contributed by atoms with Crippen molar-refractivity contribution in [1.82, 2.24) is 15.3 Å². The first-order valence-electron chi connectivity index (χ1n) is 4.84. The first-order valence-corrected chi connectivity index (χ1v) is 4.84. The van der Waals surface area contributed by atoms with Crippen molar-refractivity contribution in [3.05, 3.63) is 24.3 Å². The monoisotopic (exact) mass is 188 g/mol. The van der Waals surface area contributed by atoms with E-state index in [2.05, 4.69) is 26.3 Å². The Labute approximate surface area is 81.9 Å². The standard InChI is InChI=1S/C10H12N4/c1-2-4-9-8(3-1)12-10(13-9)14-6-5-11-7-14/h1-4,11H,5-7H2,(H,12,13). The lowest BCUT2D eigenvalue weighted by Gasteiger charge is -2.11. The molecule has 4 nitrogen and oxygen atoms in total. The van der Waals surface area contributed by atoms with Crippen LogP contribution in [0.5, 0.6) is 0 Å². The maximum atomic E-state index is 4.53. The summed E-state index contributed by atoms with van der Waals surface area (Å²) < 4.78 is 0. The first kappa shape index (κ1) is 7.82. The minimum Gasteiger partial charge on any atom is -0.328 e. The van der Waals surface area contributed by atoms with E-state index in [1.165, 1.54) is 0 Å². The van der Waals surface area contributed by atoms with Crippen molar-refractivity contribution in [3.8, 4) is 0 Å². The molecule has 2 heterocycles. The number of para-hydroxylation sites is 2. The van der Waals surface area contributed by atoms with E-state index in [1.54, 1.807) is 0 Å². The number of benzene rings is 1. The van der Waals surface area contributed by atoms with Crippen LogP contribution >= 0.6 is 0 Å². The number of H-pyrrole nitrogens is 1. The Balaban J connectivity index is 2.05.